The van der Waals surface area contributed by atoms with Gasteiger partial charge in [-0.1, -0.05) is 36.4 Å². The molecular formula is C25H26N2O3. The van der Waals surface area contributed by atoms with Crippen molar-refractivity contribution in [1.29, 1.82) is 0 Å². The Balaban J connectivity index is 1.54. The molecule has 2 fully saturated rings. The Kier molecular flexibility index (Phi) is 5.98. The second-order valence-electron chi connectivity index (χ2n) is 7.99. The van der Waals surface area contributed by atoms with Crippen molar-refractivity contribution in [3.8, 4) is 5.75 Å². The highest BCUT2D eigenvalue weighted by Crippen LogP contribution is 2.30. The molecule has 3 N–H and O–H groups in total. The van der Waals surface area contributed by atoms with E-state index in [9.17, 15) is 9.59 Å². The van der Waals surface area contributed by atoms with Gasteiger partial charge in [-0.3, -0.25) is 9.59 Å². The van der Waals surface area contributed by atoms with E-state index in [0.29, 0.717) is 11.5 Å². The Labute approximate surface area is 176 Å². The summed E-state index contributed by atoms with van der Waals surface area (Å²) in [6, 6.07) is 15.6. The predicted octanol–water partition coefficient (Wildman–Crippen LogP) is 3.79. The zero-order chi connectivity index (χ0) is 20.9. The fraction of sp³-hybridized carbons (Fsp3) is 0.280. The van der Waals surface area contributed by atoms with Crippen LogP contribution >= 0.6 is 0 Å². The molecule has 0 spiro atoms. The van der Waals surface area contributed by atoms with Gasteiger partial charge < -0.3 is 15.8 Å². The van der Waals surface area contributed by atoms with E-state index >= 15 is 0 Å². The first kappa shape index (κ1) is 20.0. The molecule has 2 aromatic carbocycles. The fourth-order valence-electron chi connectivity index (χ4n) is 3.05. The van der Waals surface area contributed by atoms with Crippen LogP contribution in [0.25, 0.3) is 17.7 Å². The van der Waals surface area contributed by atoms with Gasteiger partial charge in [0.15, 0.2) is 0 Å². The van der Waals surface area contributed by atoms with Gasteiger partial charge >= 0.3 is 0 Å². The maximum Gasteiger partial charge on any atom is 0.252 e. The van der Waals surface area contributed by atoms with Crippen LogP contribution in [-0.2, 0) is 9.59 Å². The van der Waals surface area contributed by atoms with E-state index in [1.165, 1.54) is 18.9 Å². The van der Waals surface area contributed by atoms with Crippen molar-refractivity contribution >= 4 is 29.5 Å². The van der Waals surface area contributed by atoms with Gasteiger partial charge in [0.2, 0.25) is 5.91 Å². The highest BCUT2D eigenvalue weighted by atomic mass is 16.5. The average molecular weight is 402 g/mol. The topological polar surface area (TPSA) is 81.4 Å². The number of nitrogens with one attached hydrogen (secondary N) is 1. The zero-order valence-corrected chi connectivity index (χ0v) is 16.8. The number of primary amides is 1. The van der Waals surface area contributed by atoms with Crippen molar-refractivity contribution < 1.29 is 14.3 Å². The van der Waals surface area contributed by atoms with E-state index in [-0.39, 0.29) is 11.9 Å². The standard InChI is InChI=1S/C25H26N2O3/c26-24(28)14-7-17-3-8-20(9-4-17)23(25(29)27-21-10-11-21)15-18-5-12-22(13-6-18)30-16-19-1-2-19/h3-9,12-15,19,21H,1-2,10-11,16H2,(H2,26,28)(H,27,29)/b14-7+,23-15+. The van der Waals surface area contributed by atoms with Crippen molar-refractivity contribution in [2.75, 3.05) is 6.61 Å². The Morgan fingerprint density at radius 2 is 1.63 bits per heavy atom. The molecule has 2 aromatic rings. The van der Waals surface area contributed by atoms with Crippen LogP contribution in [0.4, 0.5) is 0 Å². The van der Waals surface area contributed by atoms with Gasteiger partial charge in [-0.15, -0.1) is 0 Å². The van der Waals surface area contributed by atoms with Crippen molar-refractivity contribution in [3.63, 3.8) is 0 Å². The van der Waals surface area contributed by atoms with Gasteiger partial charge in [0.25, 0.3) is 5.91 Å². The lowest BCUT2D eigenvalue weighted by Gasteiger charge is -2.10. The van der Waals surface area contributed by atoms with Crippen LogP contribution in [0.2, 0.25) is 0 Å². The zero-order valence-electron chi connectivity index (χ0n) is 16.8. The van der Waals surface area contributed by atoms with Crippen LogP contribution in [0.1, 0.15) is 42.4 Å². The minimum absolute atomic E-state index is 0.0769. The number of amides is 2. The number of hydrogen-bond donors (Lipinski definition) is 2. The SMILES string of the molecule is NC(=O)/C=C/c1ccc(/C(=C\c2ccc(OCC3CC3)cc2)C(=O)NC2CC2)cc1. The second-order valence-corrected chi connectivity index (χ2v) is 7.99. The number of benzene rings is 2. The van der Waals surface area contributed by atoms with Gasteiger partial charge in [0.05, 0.1) is 6.61 Å². The molecule has 0 radical (unpaired) electrons. The second kappa shape index (κ2) is 8.99. The largest absolute Gasteiger partial charge is 0.493 e. The number of rotatable bonds is 9. The normalized spacial score (nSPS) is 16.5. The van der Waals surface area contributed by atoms with Crippen LogP contribution in [0, 0.1) is 5.92 Å². The van der Waals surface area contributed by atoms with Crippen molar-refractivity contribution in [1.82, 2.24) is 5.32 Å². The Bertz CT molecular complexity index is 966. The van der Waals surface area contributed by atoms with Gasteiger partial charge in [0, 0.05) is 17.7 Å². The summed E-state index contributed by atoms with van der Waals surface area (Å²) < 4.78 is 5.80. The van der Waals surface area contributed by atoms with Gasteiger partial charge in [-0.05, 0) is 72.6 Å². The lowest BCUT2D eigenvalue weighted by atomic mass is 10.00. The molecule has 5 nitrogen and oxygen atoms in total. The number of ether oxygens (including phenoxy) is 1. The summed E-state index contributed by atoms with van der Waals surface area (Å²) in [6.07, 6.45) is 9.45. The van der Waals surface area contributed by atoms with Crippen molar-refractivity contribution in [2.24, 2.45) is 11.7 Å². The molecular weight excluding hydrogens is 376 g/mol. The Morgan fingerprint density at radius 3 is 2.23 bits per heavy atom. The highest BCUT2D eigenvalue weighted by molar-refractivity contribution is 6.24. The molecule has 154 valence electrons. The third-order valence-electron chi connectivity index (χ3n) is 5.19. The molecule has 2 amide bonds. The molecule has 2 aliphatic carbocycles. The van der Waals surface area contributed by atoms with Gasteiger partial charge in [-0.25, -0.2) is 0 Å². The molecule has 2 aliphatic rings. The number of hydrogen-bond acceptors (Lipinski definition) is 3. The first-order valence-electron chi connectivity index (χ1n) is 10.4. The quantitative estimate of drug-likeness (QED) is 0.495. The van der Waals surface area contributed by atoms with Crippen LogP contribution in [0.15, 0.2) is 54.6 Å². The molecule has 0 aromatic heterocycles. The third-order valence-corrected chi connectivity index (χ3v) is 5.19. The minimum Gasteiger partial charge on any atom is -0.493 e. The molecule has 0 unspecified atom stereocenters. The number of carbonyl (C=O) groups excluding carboxylic acids is 2. The molecule has 0 bridgehead atoms. The third kappa shape index (κ3) is 5.83. The van der Waals surface area contributed by atoms with Crippen LogP contribution < -0.4 is 15.8 Å². The summed E-state index contributed by atoms with van der Waals surface area (Å²) >= 11 is 0. The van der Waals surface area contributed by atoms with E-state index in [2.05, 4.69) is 5.32 Å². The molecule has 0 aliphatic heterocycles. The monoisotopic (exact) mass is 402 g/mol. The lowest BCUT2D eigenvalue weighted by molar-refractivity contribution is -0.116. The van der Waals surface area contributed by atoms with E-state index in [1.54, 1.807) is 6.08 Å². The summed E-state index contributed by atoms with van der Waals surface area (Å²) in [5.41, 5.74) is 8.36. The van der Waals surface area contributed by atoms with Crippen molar-refractivity contribution in [3.05, 3.63) is 71.3 Å². The number of carbonyl (C=O) groups is 2. The molecule has 5 heteroatoms. The molecule has 0 atom stereocenters. The predicted molar refractivity (Wildman–Crippen MR) is 118 cm³/mol. The molecule has 0 saturated heterocycles. The van der Waals surface area contributed by atoms with E-state index in [0.717, 1.165) is 41.9 Å². The molecule has 2 saturated carbocycles. The summed E-state index contributed by atoms with van der Waals surface area (Å²) in [6.45, 7) is 0.779. The summed E-state index contributed by atoms with van der Waals surface area (Å²) in [7, 11) is 0. The van der Waals surface area contributed by atoms with Crippen molar-refractivity contribution in [2.45, 2.75) is 31.7 Å². The Morgan fingerprint density at radius 1 is 0.967 bits per heavy atom. The summed E-state index contributed by atoms with van der Waals surface area (Å²) in [5, 5.41) is 3.07. The lowest BCUT2D eigenvalue weighted by Crippen LogP contribution is -2.26. The Hall–Kier alpha value is -3.34. The maximum absolute atomic E-state index is 12.9. The van der Waals surface area contributed by atoms with Gasteiger partial charge in [-0.2, -0.15) is 0 Å². The molecule has 4 rings (SSSR count). The number of nitrogens with two attached hydrogens (primary N) is 1. The maximum atomic E-state index is 12.9. The highest BCUT2D eigenvalue weighted by Gasteiger charge is 2.25. The average Bonchev–Trinajstić information content (AvgIpc) is 3.66. The first-order chi connectivity index (χ1) is 14.6. The van der Waals surface area contributed by atoms with E-state index in [4.69, 9.17) is 10.5 Å². The smallest absolute Gasteiger partial charge is 0.252 e. The molecule has 30 heavy (non-hydrogen) atoms. The van der Waals surface area contributed by atoms with Crippen LogP contribution in [0.3, 0.4) is 0 Å². The summed E-state index contributed by atoms with van der Waals surface area (Å²) in [4.78, 5) is 23.8. The van der Waals surface area contributed by atoms with E-state index in [1.807, 2.05) is 54.6 Å². The molecule has 0 heterocycles. The van der Waals surface area contributed by atoms with Crippen LogP contribution in [0.5, 0.6) is 5.75 Å². The van der Waals surface area contributed by atoms with Crippen LogP contribution in [-0.4, -0.2) is 24.5 Å². The first-order valence-corrected chi connectivity index (χ1v) is 10.4. The van der Waals surface area contributed by atoms with E-state index < -0.39 is 5.91 Å². The van der Waals surface area contributed by atoms with Gasteiger partial charge in [0.1, 0.15) is 5.75 Å². The minimum atomic E-state index is -0.493. The summed E-state index contributed by atoms with van der Waals surface area (Å²) in [5.74, 6) is 0.997. The fourth-order valence-corrected chi connectivity index (χ4v) is 3.05.